The van der Waals surface area contributed by atoms with E-state index in [1.165, 1.54) is 4.90 Å². The minimum absolute atomic E-state index is 0.207. The number of rotatable bonds is 8. The Hall–Kier alpha value is -6.23. The fourth-order valence-corrected chi connectivity index (χ4v) is 8.10. The van der Waals surface area contributed by atoms with Crippen molar-refractivity contribution in [1.82, 2.24) is 40.0 Å². The van der Waals surface area contributed by atoms with E-state index in [2.05, 4.69) is 52.2 Å². The summed E-state index contributed by atoms with van der Waals surface area (Å²) in [5.74, 6) is 6.50. The predicted molar refractivity (Wildman–Crippen MR) is 202 cm³/mol. The first-order chi connectivity index (χ1) is 26.9. The van der Waals surface area contributed by atoms with Crippen molar-refractivity contribution < 1.29 is 23.9 Å². The third-order valence-electron chi connectivity index (χ3n) is 11.2. The Bertz CT molecular complexity index is 2460. The van der Waals surface area contributed by atoms with Gasteiger partial charge in [0, 0.05) is 72.5 Å². The van der Waals surface area contributed by atoms with Crippen molar-refractivity contribution in [3.63, 3.8) is 0 Å². The van der Waals surface area contributed by atoms with Crippen LogP contribution in [0.5, 0.6) is 0 Å². The summed E-state index contributed by atoms with van der Waals surface area (Å²) >= 11 is 0. The molecule has 0 radical (unpaired) electrons. The quantitative estimate of drug-likeness (QED) is 0.139. The van der Waals surface area contributed by atoms with E-state index in [4.69, 9.17) is 19.7 Å². The summed E-state index contributed by atoms with van der Waals surface area (Å²) in [6.45, 7) is 5.60. The molecule has 1 unspecified atom stereocenters. The number of nitrogens with one attached hydrogen (secondary N) is 2. The number of ether oxygens (including phenoxy) is 1. The van der Waals surface area contributed by atoms with Gasteiger partial charge in [-0.3, -0.25) is 39.8 Å². The molecule has 4 amide bonds. The molecule has 5 aromatic rings. The summed E-state index contributed by atoms with van der Waals surface area (Å²) in [5, 5.41) is 7.92. The lowest BCUT2D eigenvalue weighted by Crippen LogP contribution is -2.58. The van der Waals surface area contributed by atoms with Gasteiger partial charge in [0.1, 0.15) is 17.4 Å². The first-order valence-electron chi connectivity index (χ1n) is 18.6. The van der Waals surface area contributed by atoms with Crippen LogP contribution in [0.3, 0.4) is 0 Å². The lowest BCUT2D eigenvalue weighted by Gasteiger charge is -2.41. The Labute approximate surface area is 317 Å². The van der Waals surface area contributed by atoms with E-state index < -0.39 is 17.5 Å². The molecule has 2 N–H and O–H groups in total. The Morgan fingerprint density at radius 1 is 1.02 bits per heavy atom. The minimum Gasteiger partial charge on any atom is -0.377 e. The van der Waals surface area contributed by atoms with Crippen LogP contribution in [0.2, 0.25) is 0 Å². The molecule has 55 heavy (non-hydrogen) atoms. The molecule has 276 valence electrons. The van der Waals surface area contributed by atoms with Gasteiger partial charge >= 0.3 is 0 Å². The molecule has 13 heteroatoms. The third-order valence-corrected chi connectivity index (χ3v) is 11.2. The minimum atomic E-state index is -0.674. The van der Waals surface area contributed by atoms with E-state index in [9.17, 15) is 19.2 Å². The molecule has 0 bridgehead atoms. The molecule has 0 aliphatic carbocycles. The van der Waals surface area contributed by atoms with Gasteiger partial charge in [-0.25, -0.2) is 4.98 Å². The smallest absolute Gasteiger partial charge is 0.255 e. The average molecular weight is 735 g/mol. The Morgan fingerprint density at radius 2 is 1.87 bits per heavy atom. The van der Waals surface area contributed by atoms with Crippen LogP contribution in [0.25, 0.3) is 33.3 Å². The number of nitrogens with zero attached hydrogens (tertiary/aromatic N) is 6. The number of imide groups is 1. The summed E-state index contributed by atoms with van der Waals surface area (Å²) in [7, 11) is 0. The molecule has 2 fully saturated rings. The molecule has 4 aliphatic heterocycles. The number of amides is 4. The number of fused-ring (bicyclic) bond motifs is 3. The molecule has 9 rings (SSSR count). The maximum absolute atomic E-state index is 13.2. The highest BCUT2D eigenvalue weighted by Crippen LogP contribution is 2.35. The molecule has 7 heterocycles. The predicted octanol–water partition coefficient (Wildman–Crippen LogP) is 3.32. The number of aryl methyl sites for hydroxylation is 1. The zero-order valence-corrected chi connectivity index (χ0v) is 30.3. The van der Waals surface area contributed by atoms with Crippen LogP contribution in [0.4, 0.5) is 0 Å². The van der Waals surface area contributed by atoms with Gasteiger partial charge < -0.3 is 19.1 Å². The molecule has 0 spiro atoms. The molecule has 2 aromatic carbocycles. The number of piperidine rings is 1. The van der Waals surface area contributed by atoms with Crippen LogP contribution < -0.4 is 10.6 Å². The number of carbonyl (C=O) groups is 4. The standard InChI is InChI=1S/C42H38N8O5/c1-2-37-46-39(35-22-48(25-51)16-17-49(35)37)29-9-4-7-27-18-33(43-20-31(27)29)28-11-13-36(44-19-28)42(23-55-24-42)45-15-5-8-26-6-3-10-30-32(26)21-50(41(30)54)34-12-14-38(52)47-40(34)53/h3-4,6-7,9-11,13,18-20,25,34,45H,2,12,14-17,21-24H2,1H3,(H,47,52,53). The topological polar surface area (TPSA) is 152 Å². The summed E-state index contributed by atoms with van der Waals surface area (Å²) in [5.41, 5.74) is 7.07. The van der Waals surface area contributed by atoms with E-state index in [1.54, 1.807) is 17.0 Å². The molecule has 4 aliphatic rings. The van der Waals surface area contributed by atoms with E-state index in [1.807, 2.05) is 36.7 Å². The van der Waals surface area contributed by atoms with Crippen LogP contribution >= 0.6 is 0 Å². The molecule has 2 saturated heterocycles. The number of hydrogen-bond donors (Lipinski definition) is 2. The first kappa shape index (κ1) is 34.5. The van der Waals surface area contributed by atoms with E-state index >= 15 is 0 Å². The molecule has 1 atom stereocenters. The van der Waals surface area contributed by atoms with Gasteiger partial charge in [-0.2, -0.15) is 0 Å². The Balaban J connectivity index is 0.905. The Kier molecular flexibility index (Phi) is 8.71. The number of pyridine rings is 2. The van der Waals surface area contributed by atoms with Crippen molar-refractivity contribution >= 4 is 34.9 Å². The first-order valence-corrected chi connectivity index (χ1v) is 18.6. The number of imidazole rings is 1. The highest BCUT2D eigenvalue weighted by atomic mass is 16.5. The highest BCUT2D eigenvalue weighted by molar-refractivity contribution is 6.05. The maximum Gasteiger partial charge on any atom is 0.255 e. The average Bonchev–Trinajstić information content (AvgIpc) is 3.74. The summed E-state index contributed by atoms with van der Waals surface area (Å²) in [6.07, 6.45) is 5.98. The van der Waals surface area contributed by atoms with Gasteiger partial charge in [-0.1, -0.05) is 43.0 Å². The molecule has 0 saturated carbocycles. The normalized spacial score (nSPS) is 18.6. The van der Waals surface area contributed by atoms with E-state index in [-0.39, 0.29) is 24.8 Å². The second kappa shape index (κ2) is 13.9. The van der Waals surface area contributed by atoms with Crippen LogP contribution in [-0.4, -0.2) is 85.8 Å². The monoisotopic (exact) mass is 734 g/mol. The number of benzene rings is 2. The Morgan fingerprint density at radius 3 is 2.64 bits per heavy atom. The number of hydrogen-bond acceptors (Lipinski definition) is 9. The zero-order valence-electron chi connectivity index (χ0n) is 30.3. The maximum atomic E-state index is 13.2. The molecular weight excluding hydrogens is 697 g/mol. The van der Waals surface area contributed by atoms with Crippen molar-refractivity contribution in [3.8, 4) is 34.4 Å². The second-order valence-electron chi connectivity index (χ2n) is 14.4. The lowest BCUT2D eigenvalue weighted by atomic mass is 9.91. The molecule has 3 aromatic heterocycles. The van der Waals surface area contributed by atoms with Crippen LogP contribution in [0.15, 0.2) is 67.0 Å². The van der Waals surface area contributed by atoms with Crippen LogP contribution in [-0.2, 0) is 50.7 Å². The summed E-state index contributed by atoms with van der Waals surface area (Å²) < 4.78 is 7.90. The number of aromatic nitrogens is 4. The largest absolute Gasteiger partial charge is 0.377 e. The summed E-state index contributed by atoms with van der Waals surface area (Å²) in [4.78, 5) is 67.1. The van der Waals surface area contributed by atoms with Crippen LogP contribution in [0.1, 0.15) is 58.5 Å². The molecular formula is C42H38N8O5. The van der Waals surface area contributed by atoms with Gasteiger partial charge in [-0.05, 0) is 47.7 Å². The van der Waals surface area contributed by atoms with Gasteiger partial charge in [0.2, 0.25) is 18.2 Å². The van der Waals surface area contributed by atoms with Crippen molar-refractivity contribution in [1.29, 1.82) is 0 Å². The van der Waals surface area contributed by atoms with Crippen molar-refractivity contribution in [2.24, 2.45) is 0 Å². The fraction of sp³-hybridized carbons (Fsp3) is 0.310. The lowest BCUT2D eigenvalue weighted by molar-refractivity contribution is -0.137. The van der Waals surface area contributed by atoms with Gasteiger partial charge in [-0.15, -0.1) is 0 Å². The SMILES string of the molecule is CCc1nc(-c2cccc3cc(-c4ccc(C5(NCC#Cc6cccc7c6CN(C6CCC(=O)NC6=O)C7=O)COC5)nc4)ncc23)c2n1CCN(C=O)C2. The highest BCUT2D eigenvalue weighted by Gasteiger charge is 2.42. The van der Waals surface area contributed by atoms with Gasteiger partial charge in [0.05, 0.1) is 49.1 Å². The van der Waals surface area contributed by atoms with Crippen LogP contribution in [0, 0.1) is 11.8 Å². The van der Waals surface area contributed by atoms with Gasteiger partial charge in [0.15, 0.2) is 0 Å². The van der Waals surface area contributed by atoms with Gasteiger partial charge in [0.25, 0.3) is 5.91 Å². The fourth-order valence-electron chi connectivity index (χ4n) is 8.10. The third kappa shape index (κ3) is 6.04. The van der Waals surface area contributed by atoms with Crippen molar-refractivity contribution in [3.05, 3.63) is 101 Å². The van der Waals surface area contributed by atoms with Crippen molar-refractivity contribution in [2.45, 2.75) is 57.4 Å². The molecule has 13 nitrogen and oxygen atoms in total. The zero-order chi connectivity index (χ0) is 37.7. The van der Waals surface area contributed by atoms with E-state index in [0.717, 1.165) is 81.0 Å². The number of carbonyl (C=O) groups excluding carboxylic acids is 4. The summed E-state index contributed by atoms with van der Waals surface area (Å²) in [6, 6.07) is 17.1. The van der Waals surface area contributed by atoms with E-state index in [0.29, 0.717) is 44.8 Å². The van der Waals surface area contributed by atoms with Crippen molar-refractivity contribution in [2.75, 3.05) is 26.3 Å². The second-order valence-corrected chi connectivity index (χ2v) is 14.4.